The van der Waals surface area contributed by atoms with Gasteiger partial charge in [-0.2, -0.15) is 0 Å². The van der Waals surface area contributed by atoms with Crippen LogP contribution in [0.25, 0.3) is 0 Å². The van der Waals surface area contributed by atoms with Gasteiger partial charge in [0.25, 0.3) is 0 Å². The third-order valence-electron chi connectivity index (χ3n) is 4.75. The van der Waals surface area contributed by atoms with Gasteiger partial charge in [0, 0.05) is 6.04 Å². The van der Waals surface area contributed by atoms with Crippen LogP contribution in [0.5, 0.6) is 0 Å². The highest BCUT2D eigenvalue weighted by Gasteiger charge is 2.29. The minimum absolute atomic E-state index is 0.738. The summed E-state index contributed by atoms with van der Waals surface area (Å²) in [5.74, 6) is 2.75. The Bertz CT molecular complexity index is 215. The summed E-state index contributed by atoms with van der Waals surface area (Å²) < 4.78 is 0. The summed E-state index contributed by atoms with van der Waals surface area (Å²) in [5.41, 5.74) is 0. The van der Waals surface area contributed by atoms with Crippen molar-refractivity contribution < 1.29 is 0 Å². The lowest BCUT2D eigenvalue weighted by Crippen LogP contribution is -2.41. The van der Waals surface area contributed by atoms with E-state index in [1.165, 1.54) is 45.2 Å². The van der Waals surface area contributed by atoms with Crippen molar-refractivity contribution in [2.45, 2.75) is 58.9 Å². The number of nitrogens with one attached hydrogen (secondary N) is 1. The largest absolute Gasteiger partial charge is 0.314 e. The minimum atomic E-state index is 0.738. The first-order chi connectivity index (χ1) is 8.54. The van der Waals surface area contributed by atoms with Crippen molar-refractivity contribution in [3.05, 3.63) is 0 Å². The molecule has 0 bridgehead atoms. The highest BCUT2D eigenvalue weighted by Crippen LogP contribution is 2.35. The Balaban J connectivity index is 2.47. The standard InChI is InChI=1S/C16H34N2/c1-6-10-17-16(9-11-18(4)5)15-8-7-13(2)14(3)12-15/h13-17H,6-12H2,1-5H3. The van der Waals surface area contributed by atoms with E-state index in [1.807, 2.05) is 0 Å². The van der Waals surface area contributed by atoms with Crippen molar-refractivity contribution >= 4 is 0 Å². The predicted octanol–water partition coefficient (Wildman–Crippen LogP) is 3.38. The summed E-state index contributed by atoms with van der Waals surface area (Å²) in [6, 6.07) is 0.738. The molecular formula is C16H34N2. The summed E-state index contributed by atoms with van der Waals surface area (Å²) in [6.45, 7) is 9.52. The molecule has 1 rings (SSSR count). The molecule has 1 saturated carbocycles. The van der Waals surface area contributed by atoms with Crippen molar-refractivity contribution in [1.29, 1.82) is 0 Å². The second kappa shape index (κ2) is 8.16. The lowest BCUT2D eigenvalue weighted by Gasteiger charge is -2.37. The molecule has 4 unspecified atom stereocenters. The van der Waals surface area contributed by atoms with Crippen molar-refractivity contribution in [1.82, 2.24) is 10.2 Å². The predicted molar refractivity (Wildman–Crippen MR) is 80.9 cm³/mol. The summed E-state index contributed by atoms with van der Waals surface area (Å²) in [7, 11) is 4.37. The van der Waals surface area contributed by atoms with E-state index in [4.69, 9.17) is 0 Å². The Morgan fingerprint density at radius 2 is 1.89 bits per heavy atom. The molecule has 2 heteroatoms. The molecule has 0 aromatic heterocycles. The van der Waals surface area contributed by atoms with Gasteiger partial charge in [0.05, 0.1) is 0 Å². The van der Waals surface area contributed by atoms with Crippen LogP contribution in [-0.2, 0) is 0 Å². The number of hydrogen-bond acceptors (Lipinski definition) is 2. The molecule has 1 fully saturated rings. The van der Waals surface area contributed by atoms with Crippen molar-refractivity contribution in [3.63, 3.8) is 0 Å². The summed E-state index contributed by atoms with van der Waals surface area (Å²) >= 11 is 0. The van der Waals surface area contributed by atoms with E-state index in [2.05, 4.69) is 45.1 Å². The molecule has 0 spiro atoms. The fourth-order valence-corrected chi connectivity index (χ4v) is 3.19. The molecule has 0 saturated heterocycles. The van der Waals surface area contributed by atoms with Crippen LogP contribution < -0.4 is 5.32 Å². The first-order valence-electron chi connectivity index (χ1n) is 7.92. The van der Waals surface area contributed by atoms with Gasteiger partial charge in [0.2, 0.25) is 0 Å². The zero-order valence-corrected chi connectivity index (χ0v) is 13.2. The first-order valence-corrected chi connectivity index (χ1v) is 7.92. The quantitative estimate of drug-likeness (QED) is 0.749. The van der Waals surface area contributed by atoms with Gasteiger partial charge < -0.3 is 10.2 Å². The molecule has 0 radical (unpaired) electrons. The van der Waals surface area contributed by atoms with E-state index in [0.29, 0.717) is 0 Å². The first kappa shape index (κ1) is 16.0. The third-order valence-corrected chi connectivity index (χ3v) is 4.75. The molecule has 4 atom stereocenters. The van der Waals surface area contributed by atoms with Crippen LogP contribution in [0.1, 0.15) is 52.9 Å². The van der Waals surface area contributed by atoms with Gasteiger partial charge in [0.15, 0.2) is 0 Å². The van der Waals surface area contributed by atoms with E-state index in [1.54, 1.807) is 0 Å². The molecule has 0 aliphatic heterocycles. The second-order valence-corrected chi connectivity index (χ2v) is 6.68. The SMILES string of the molecule is CCCNC(CCN(C)C)C1CCC(C)C(C)C1. The molecule has 0 heterocycles. The number of hydrogen-bond donors (Lipinski definition) is 1. The van der Waals surface area contributed by atoms with Gasteiger partial charge in [0.1, 0.15) is 0 Å². The molecule has 1 aliphatic carbocycles. The second-order valence-electron chi connectivity index (χ2n) is 6.68. The Hall–Kier alpha value is -0.0800. The maximum absolute atomic E-state index is 3.80. The van der Waals surface area contributed by atoms with Gasteiger partial charge in [-0.1, -0.05) is 27.2 Å². The summed E-state index contributed by atoms with van der Waals surface area (Å²) in [6.07, 6.45) is 6.84. The van der Waals surface area contributed by atoms with Gasteiger partial charge in [-0.25, -0.2) is 0 Å². The highest BCUT2D eigenvalue weighted by atomic mass is 15.1. The Morgan fingerprint density at radius 3 is 2.44 bits per heavy atom. The zero-order valence-electron chi connectivity index (χ0n) is 13.2. The van der Waals surface area contributed by atoms with Crippen LogP contribution >= 0.6 is 0 Å². The van der Waals surface area contributed by atoms with E-state index in [9.17, 15) is 0 Å². The van der Waals surface area contributed by atoms with Crippen LogP contribution in [0.3, 0.4) is 0 Å². The maximum Gasteiger partial charge on any atom is 0.0108 e. The van der Waals surface area contributed by atoms with E-state index in [0.717, 1.165) is 23.8 Å². The third kappa shape index (κ3) is 5.27. The molecule has 0 aromatic rings. The van der Waals surface area contributed by atoms with Crippen molar-refractivity contribution in [3.8, 4) is 0 Å². The fourth-order valence-electron chi connectivity index (χ4n) is 3.19. The van der Waals surface area contributed by atoms with Crippen LogP contribution in [-0.4, -0.2) is 38.1 Å². The summed E-state index contributed by atoms with van der Waals surface area (Å²) in [5, 5.41) is 3.80. The van der Waals surface area contributed by atoms with Crippen LogP contribution in [0.15, 0.2) is 0 Å². The fraction of sp³-hybridized carbons (Fsp3) is 1.00. The monoisotopic (exact) mass is 254 g/mol. The lowest BCUT2D eigenvalue weighted by atomic mass is 9.72. The number of rotatable bonds is 7. The Labute approximate surface area is 115 Å². The number of nitrogens with zero attached hydrogens (tertiary/aromatic N) is 1. The molecule has 0 aromatic carbocycles. The molecule has 18 heavy (non-hydrogen) atoms. The zero-order chi connectivity index (χ0) is 13.5. The molecule has 2 nitrogen and oxygen atoms in total. The van der Waals surface area contributed by atoms with Gasteiger partial charge in [-0.05, 0) is 70.6 Å². The van der Waals surface area contributed by atoms with E-state index >= 15 is 0 Å². The van der Waals surface area contributed by atoms with Gasteiger partial charge in [-0.15, -0.1) is 0 Å². The summed E-state index contributed by atoms with van der Waals surface area (Å²) in [4.78, 5) is 2.31. The Morgan fingerprint density at radius 1 is 1.17 bits per heavy atom. The smallest absolute Gasteiger partial charge is 0.0108 e. The van der Waals surface area contributed by atoms with E-state index < -0.39 is 0 Å². The van der Waals surface area contributed by atoms with Crippen molar-refractivity contribution in [2.75, 3.05) is 27.2 Å². The van der Waals surface area contributed by atoms with Crippen LogP contribution in [0.2, 0.25) is 0 Å². The highest BCUT2D eigenvalue weighted by molar-refractivity contribution is 4.84. The van der Waals surface area contributed by atoms with Crippen molar-refractivity contribution in [2.24, 2.45) is 17.8 Å². The average Bonchev–Trinajstić information content (AvgIpc) is 2.33. The lowest BCUT2D eigenvalue weighted by molar-refractivity contribution is 0.161. The topological polar surface area (TPSA) is 15.3 Å². The molecular weight excluding hydrogens is 220 g/mol. The van der Waals surface area contributed by atoms with E-state index in [-0.39, 0.29) is 0 Å². The molecule has 1 N–H and O–H groups in total. The molecule has 1 aliphatic rings. The van der Waals surface area contributed by atoms with Gasteiger partial charge in [-0.3, -0.25) is 0 Å². The normalized spacial score (nSPS) is 30.7. The average molecular weight is 254 g/mol. The minimum Gasteiger partial charge on any atom is -0.314 e. The maximum atomic E-state index is 3.80. The molecule has 0 amide bonds. The van der Waals surface area contributed by atoms with Crippen LogP contribution in [0.4, 0.5) is 0 Å². The van der Waals surface area contributed by atoms with Gasteiger partial charge >= 0.3 is 0 Å². The van der Waals surface area contributed by atoms with Crippen LogP contribution in [0, 0.1) is 17.8 Å². The Kier molecular flexibility index (Phi) is 7.25. The molecule has 108 valence electrons.